The standard InChI is InChI=1S/C13H19ClN2O/c1-10(11-6-3-4-7-12(11)14)16-9-5-8-13(17)15-2/h3-4,6-7,10,16H,5,8-9H2,1-2H3,(H,15,17). The van der Waals surface area contributed by atoms with Crippen molar-refractivity contribution in [3.63, 3.8) is 0 Å². The molecule has 1 aromatic carbocycles. The first-order valence-electron chi connectivity index (χ1n) is 5.83. The average molecular weight is 255 g/mol. The SMILES string of the molecule is CNC(=O)CCCNC(C)c1ccccc1Cl. The Hall–Kier alpha value is -1.06. The number of carbonyl (C=O) groups is 1. The summed E-state index contributed by atoms with van der Waals surface area (Å²) in [6.07, 6.45) is 1.38. The molecular weight excluding hydrogens is 236 g/mol. The van der Waals surface area contributed by atoms with Crippen LogP contribution in [0.5, 0.6) is 0 Å². The van der Waals surface area contributed by atoms with Crippen molar-refractivity contribution in [2.24, 2.45) is 0 Å². The van der Waals surface area contributed by atoms with Crippen LogP contribution in [-0.2, 0) is 4.79 Å². The molecule has 94 valence electrons. The van der Waals surface area contributed by atoms with Gasteiger partial charge < -0.3 is 10.6 Å². The van der Waals surface area contributed by atoms with E-state index in [-0.39, 0.29) is 11.9 Å². The lowest BCUT2D eigenvalue weighted by Crippen LogP contribution is -2.23. The molecule has 0 aliphatic carbocycles. The molecule has 0 spiro atoms. The molecule has 0 aromatic heterocycles. The lowest BCUT2D eigenvalue weighted by Gasteiger charge is -2.15. The summed E-state index contributed by atoms with van der Waals surface area (Å²) in [7, 11) is 1.65. The van der Waals surface area contributed by atoms with E-state index < -0.39 is 0 Å². The number of hydrogen-bond acceptors (Lipinski definition) is 2. The lowest BCUT2D eigenvalue weighted by molar-refractivity contribution is -0.120. The first kappa shape index (κ1) is 14.0. The number of halogens is 1. The molecule has 0 fully saturated rings. The van der Waals surface area contributed by atoms with Crippen LogP contribution in [0, 0.1) is 0 Å². The molecule has 2 N–H and O–H groups in total. The van der Waals surface area contributed by atoms with Gasteiger partial charge in [-0.2, -0.15) is 0 Å². The van der Waals surface area contributed by atoms with Crippen LogP contribution >= 0.6 is 11.6 Å². The summed E-state index contributed by atoms with van der Waals surface area (Å²) in [4.78, 5) is 11.0. The fourth-order valence-electron chi connectivity index (χ4n) is 1.63. The highest BCUT2D eigenvalue weighted by molar-refractivity contribution is 6.31. The van der Waals surface area contributed by atoms with Crippen molar-refractivity contribution in [2.75, 3.05) is 13.6 Å². The predicted molar refractivity (Wildman–Crippen MR) is 71.2 cm³/mol. The van der Waals surface area contributed by atoms with Gasteiger partial charge in [-0.3, -0.25) is 4.79 Å². The van der Waals surface area contributed by atoms with E-state index in [1.54, 1.807) is 7.05 Å². The minimum atomic E-state index is 0.0807. The first-order chi connectivity index (χ1) is 8.15. The van der Waals surface area contributed by atoms with Gasteiger partial charge in [0.2, 0.25) is 5.91 Å². The summed E-state index contributed by atoms with van der Waals surface area (Å²) < 4.78 is 0. The molecule has 4 heteroatoms. The second-order valence-corrected chi connectivity index (χ2v) is 4.38. The van der Waals surface area contributed by atoms with Crippen LogP contribution in [0.25, 0.3) is 0 Å². The molecule has 0 saturated heterocycles. The minimum absolute atomic E-state index is 0.0807. The Morgan fingerprint density at radius 2 is 2.12 bits per heavy atom. The molecule has 0 bridgehead atoms. The zero-order valence-electron chi connectivity index (χ0n) is 10.3. The van der Waals surface area contributed by atoms with Crippen molar-refractivity contribution in [3.8, 4) is 0 Å². The van der Waals surface area contributed by atoms with E-state index in [0.29, 0.717) is 6.42 Å². The van der Waals surface area contributed by atoms with Gasteiger partial charge >= 0.3 is 0 Å². The van der Waals surface area contributed by atoms with Crippen LogP contribution in [0.4, 0.5) is 0 Å². The Bertz CT molecular complexity index is 368. The number of benzene rings is 1. The second-order valence-electron chi connectivity index (χ2n) is 3.97. The van der Waals surface area contributed by atoms with Gasteiger partial charge in [0.15, 0.2) is 0 Å². The Morgan fingerprint density at radius 3 is 2.76 bits per heavy atom. The molecule has 0 aliphatic rings. The molecular formula is C13H19ClN2O. The number of carbonyl (C=O) groups excluding carboxylic acids is 1. The Balaban J connectivity index is 2.33. The van der Waals surface area contributed by atoms with Crippen LogP contribution < -0.4 is 10.6 Å². The number of nitrogens with one attached hydrogen (secondary N) is 2. The largest absolute Gasteiger partial charge is 0.359 e. The second kappa shape index (κ2) is 7.30. The third-order valence-electron chi connectivity index (χ3n) is 2.68. The number of rotatable bonds is 6. The third-order valence-corrected chi connectivity index (χ3v) is 3.03. The van der Waals surface area contributed by atoms with Crippen LogP contribution in [0.3, 0.4) is 0 Å². The van der Waals surface area contributed by atoms with Crippen LogP contribution in [0.2, 0.25) is 5.02 Å². The van der Waals surface area contributed by atoms with Crippen LogP contribution in [-0.4, -0.2) is 19.5 Å². The summed E-state index contributed by atoms with van der Waals surface area (Å²) >= 11 is 6.10. The molecule has 1 atom stereocenters. The van der Waals surface area contributed by atoms with Crippen molar-refractivity contribution in [1.82, 2.24) is 10.6 Å². The summed E-state index contributed by atoms with van der Waals surface area (Å²) in [5, 5.41) is 6.74. The predicted octanol–water partition coefficient (Wildman–Crippen LogP) is 2.52. The normalized spacial score (nSPS) is 12.2. The van der Waals surface area contributed by atoms with Crippen molar-refractivity contribution in [2.45, 2.75) is 25.8 Å². The molecule has 0 heterocycles. The fraction of sp³-hybridized carbons (Fsp3) is 0.462. The van der Waals surface area contributed by atoms with E-state index in [4.69, 9.17) is 11.6 Å². The highest BCUT2D eigenvalue weighted by Gasteiger charge is 2.07. The average Bonchev–Trinajstić information content (AvgIpc) is 2.34. The van der Waals surface area contributed by atoms with Crippen LogP contribution in [0.1, 0.15) is 31.4 Å². The summed E-state index contributed by atoms with van der Waals surface area (Å²) in [6, 6.07) is 8.00. The summed E-state index contributed by atoms with van der Waals surface area (Å²) in [5.41, 5.74) is 1.09. The van der Waals surface area contributed by atoms with Gasteiger partial charge in [-0.25, -0.2) is 0 Å². The Morgan fingerprint density at radius 1 is 1.41 bits per heavy atom. The van der Waals surface area contributed by atoms with Gasteiger partial charge in [0.05, 0.1) is 0 Å². The summed E-state index contributed by atoms with van der Waals surface area (Å²) in [6.45, 7) is 2.88. The van der Waals surface area contributed by atoms with E-state index in [1.165, 1.54) is 0 Å². The maximum atomic E-state index is 11.0. The molecule has 0 saturated carbocycles. The molecule has 0 aliphatic heterocycles. The van der Waals surface area contributed by atoms with E-state index in [9.17, 15) is 4.79 Å². The molecule has 1 unspecified atom stereocenters. The minimum Gasteiger partial charge on any atom is -0.359 e. The smallest absolute Gasteiger partial charge is 0.219 e. The van der Waals surface area contributed by atoms with Crippen molar-refractivity contribution >= 4 is 17.5 Å². The van der Waals surface area contributed by atoms with Gasteiger partial charge in [0.1, 0.15) is 0 Å². The van der Waals surface area contributed by atoms with E-state index in [0.717, 1.165) is 23.6 Å². The molecule has 1 aromatic rings. The number of hydrogen-bond donors (Lipinski definition) is 2. The lowest BCUT2D eigenvalue weighted by atomic mass is 10.1. The van der Waals surface area contributed by atoms with E-state index >= 15 is 0 Å². The summed E-state index contributed by atoms with van der Waals surface area (Å²) in [5.74, 6) is 0.0807. The molecule has 3 nitrogen and oxygen atoms in total. The van der Waals surface area contributed by atoms with Gasteiger partial charge in [-0.1, -0.05) is 29.8 Å². The zero-order valence-corrected chi connectivity index (χ0v) is 11.1. The Labute approximate surface area is 108 Å². The van der Waals surface area contributed by atoms with Gasteiger partial charge in [0.25, 0.3) is 0 Å². The highest BCUT2D eigenvalue weighted by Crippen LogP contribution is 2.21. The molecule has 17 heavy (non-hydrogen) atoms. The highest BCUT2D eigenvalue weighted by atomic mass is 35.5. The molecule has 1 rings (SSSR count). The zero-order chi connectivity index (χ0) is 12.7. The molecule has 0 radical (unpaired) electrons. The maximum absolute atomic E-state index is 11.0. The van der Waals surface area contributed by atoms with Gasteiger partial charge in [-0.15, -0.1) is 0 Å². The third kappa shape index (κ3) is 4.75. The topological polar surface area (TPSA) is 41.1 Å². The van der Waals surface area contributed by atoms with Crippen molar-refractivity contribution < 1.29 is 4.79 Å². The fourth-order valence-corrected chi connectivity index (χ4v) is 1.93. The molecule has 1 amide bonds. The number of amides is 1. The van der Waals surface area contributed by atoms with E-state index in [2.05, 4.69) is 17.6 Å². The van der Waals surface area contributed by atoms with Gasteiger partial charge in [-0.05, 0) is 31.5 Å². The van der Waals surface area contributed by atoms with Crippen LogP contribution in [0.15, 0.2) is 24.3 Å². The van der Waals surface area contributed by atoms with Crippen molar-refractivity contribution in [1.29, 1.82) is 0 Å². The maximum Gasteiger partial charge on any atom is 0.219 e. The van der Waals surface area contributed by atoms with Gasteiger partial charge in [0, 0.05) is 24.5 Å². The van der Waals surface area contributed by atoms with E-state index in [1.807, 2.05) is 24.3 Å². The van der Waals surface area contributed by atoms with Crippen molar-refractivity contribution in [3.05, 3.63) is 34.9 Å². The monoisotopic (exact) mass is 254 g/mol. The Kier molecular flexibility index (Phi) is 6.01. The first-order valence-corrected chi connectivity index (χ1v) is 6.21. The quantitative estimate of drug-likeness (QED) is 0.766.